The van der Waals surface area contributed by atoms with Gasteiger partial charge in [0.15, 0.2) is 0 Å². The minimum atomic E-state index is 0.549. The van der Waals surface area contributed by atoms with Crippen LogP contribution in [0.4, 0.5) is 0 Å². The van der Waals surface area contributed by atoms with E-state index in [9.17, 15) is 0 Å². The van der Waals surface area contributed by atoms with E-state index >= 15 is 0 Å². The summed E-state index contributed by atoms with van der Waals surface area (Å²) < 4.78 is 0. The molecule has 0 amide bonds. The molecule has 1 atom stereocenters. The third kappa shape index (κ3) is 1.43. The van der Waals surface area contributed by atoms with Crippen LogP contribution in [0.5, 0.6) is 0 Å². The average molecular weight is 211 g/mol. The molecule has 0 aliphatic heterocycles. The molecule has 2 aromatic rings. The van der Waals surface area contributed by atoms with Gasteiger partial charge in [-0.25, -0.2) is 0 Å². The first-order chi connectivity index (χ1) is 7.90. The highest BCUT2D eigenvalue weighted by Gasteiger charge is 2.19. The lowest BCUT2D eigenvalue weighted by molar-refractivity contribution is 0.498. The van der Waals surface area contributed by atoms with E-state index in [4.69, 9.17) is 0 Å². The molecule has 3 rings (SSSR count). The smallest absolute Gasteiger partial charge is 0.0320 e. The van der Waals surface area contributed by atoms with Crippen LogP contribution in [0.25, 0.3) is 10.8 Å². The van der Waals surface area contributed by atoms with Crippen molar-refractivity contribution in [3.05, 3.63) is 47.5 Å². The summed E-state index contributed by atoms with van der Waals surface area (Å²) in [6, 6.07) is 13.8. The molecule has 1 aliphatic carbocycles. The van der Waals surface area contributed by atoms with Crippen LogP contribution in [0.3, 0.4) is 0 Å². The maximum atomic E-state index is 3.42. The SMILES string of the molecule is CNC1CCCc2c1ccc1ccccc21. The zero-order valence-electron chi connectivity index (χ0n) is 9.66. The zero-order valence-corrected chi connectivity index (χ0v) is 9.66. The van der Waals surface area contributed by atoms with Gasteiger partial charge >= 0.3 is 0 Å². The van der Waals surface area contributed by atoms with Crippen molar-refractivity contribution in [2.75, 3.05) is 7.05 Å². The molecular formula is C15H17N. The first-order valence-electron chi connectivity index (χ1n) is 6.08. The van der Waals surface area contributed by atoms with Crippen LogP contribution in [-0.4, -0.2) is 7.05 Å². The van der Waals surface area contributed by atoms with E-state index in [0.717, 1.165) is 0 Å². The van der Waals surface area contributed by atoms with Crippen LogP contribution in [0.1, 0.15) is 30.0 Å². The predicted molar refractivity (Wildman–Crippen MR) is 68.7 cm³/mol. The van der Waals surface area contributed by atoms with Crippen LogP contribution in [0, 0.1) is 0 Å². The largest absolute Gasteiger partial charge is 0.313 e. The maximum Gasteiger partial charge on any atom is 0.0320 e. The lowest BCUT2D eigenvalue weighted by atomic mass is 9.84. The van der Waals surface area contributed by atoms with E-state index in [1.807, 2.05) is 0 Å². The molecule has 0 aromatic heterocycles. The Labute approximate surface area is 96.5 Å². The monoisotopic (exact) mass is 211 g/mol. The Balaban J connectivity index is 2.26. The summed E-state index contributed by atoms with van der Waals surface area (Å²) in [7, 11) is 2.06. The number of aryl methyl sites for hydroxylation is 1. The minimum absolute atomic E-state index is 0.549. The van der Waals surface area contributed by atoms with Crippen molar-refractivity contribution in [1.82, 2.24) is 5.32 Å². The van der Waals surface area contributed by atoms with Gasteiger partial charge in [-0.15, -0.1) is 0 Å². The van der Waals surface area contributed by atoms with Gasteiger partial charge in [0.2, 0.25) is 0 Å². The fourth-order valence-electron chi connectivity index (χ4n) is 2.90. The van der Waals surface area contributed by atoms with Gasteiger partial charge in [-0.2, -0.15) is 0 Å². The van der Waals surface area contributed by atoms with E-state index in [1.165, 1.54) is 35.6 Å². The molecule has 16 heavy (non-hydrogen) atoms. The maximum absolute atomic E-state index is 3.42. The molecule has 0 radical (unpaired) electrons. The van der Waals surface area contributed by atoms with Crippen molar-refractivity contribution < 1.29 is 0 Å². The Morgan fingerprint density at radius 1 is 1.12 bits per heavy atom. The Morgan fingerprint density at radius 3 is 2.88 bits per heavy atom. The number of hydrogen-bond donors (Lipinski definition) is 1. The van der Waals surface area contributed by atoms with Crippen molar-refractivity contribution >= 4 is 10.8 Å². The summed E-state index contributed by atoms with van der Waals surface area (Å²) in [5.74, 6) is 0. The minimum Gasteiger partial charge on any atom is -0.313 e. The lowest BCUT2D eigenvalue weighted by Crippen LogP contribution is -2.21. The number of nitrogens with one attached hydrogen (secondary N) is 1. The third-order valence-electron chi connectivity index (χ3n) is 3.72. The van der Waals surface area contributed by atoms with Crippen LogP contribution in [-0.2, 0) is 6.42 Å². The first-order valence-corrected chi connectivity index (χ1v) is 6.08. The number of benzene rings is 2. The van der Waals surface area contributed by atoms with Gasteiger partial charge in [-0.3, -0.25) is 0 Å². The van der Waals surface area contributed by atoms with Gasteiger partial charge in [0.25, 0.3) is 0 Å². The summed E-state index contributed by atoms with van der Waals surface area (Å²) >= 11 is 0. The average Bonchev–Trinajstić information content (AvgIpc) is 2.37. The van der Waals surface area contributed by atoms with E-state index in [2.05, 4.69) is 48.8 Å². The van der Waals surface area contributed by atoms with Crippen LogP contribution >= 0.6 is 0 Å². The second-order valence-corrected chi connectivity index (χ2v) is 4.59. The molecule has 0 spiro atoms. The highest BCUT2D eigenvalue weighted by atomic mass is 14.9. The molecule has 1 unspecified atom stereocenters. The topological polar surface area (TPSA) is 12.0 Å². The van der Waals surface area contributed by atoms with Crippen molar-refractivity contribution in [2.24, 2.45) is 0 Å². The highest BCUT2D eigenvalue weighted by Crippen LogP contribution is 2.34. The number of rotatable bonds is 1. The quantitative estimate of drug-likeness (QED) is 0.762. The van der Waals surface area contributed by atoms with Crippen molar-refractivity contribution in [1.29, 1.82) is 0 Å². The summed E-state index contributed by atoms with van der Waals surface area (Å²) in [4.78, 5) is 0. The summed E-state index contributed by atoms with van der Waals surface area (Å²) in [6.07, 6.45) is 3.79. The summed E-state index contributed by atoms with van der Waals surface area (Å²) in [5, 5.41) is 6.24. The molecule has 0 fully saturated rings. The Bertz CT molecular complexity index is 516. The summed E-state index contributed by atoms with van der Waals surface area (Å²) in [5.41, 5.74) is 3.07. The van der Waals surface area contributed by atoms with Gasteiger partial charge in [-0.05, 0) is 48.2 Å². The predicted octanol–water partition coefficient (Wildman–Crippen LogP) is 3.44. The van der Waals surface area contributed by atoms with Gasteiger partial charge in [0.05, 0.1) is 0 Å². The Kier molecular flexibility index (Phi) is 2.41. The fourth-order valence-corrected chi connectivity index (χ4v) is 2.90. The summed E-state index contributed by atoms with van der Waals surface area (Å²) in [6.45, 7) is 0. The molecule has 1 heteroatoms. The fraction of sp³-hybridized carbons (Fsp3) is 0.333. The standard InChI is InChI=1S/C15H17N/c1-16-15-8-4-7-13-12-6-3-2-5-11(12)9-10-14(13)15/h2-3,5-6,9-10,15-16H,4,7-8H2,1H3. The molecule has 2 aromatic carbocycles. The lowest BCUT2D eigenvalue weighted by Gasteiger charge is -2.26. The second kappa shape index (κ2) is 3.91. The second-order valence-electron chi connectivity index (χ2n) is 4.59. The highest BCUT2D eigenvalue weighted by molar-refractivity contribution is 5.87. The van der Waals surface area contributed by atoms with Gasteiger partial charge in [0, 0.05) is 6.04 Å². The van der Waals surface area contributed by atoms with Crippen molar-refractivity contribution in [3.8, 4) is 0 Å². The molecule has 0 saturated carbocycles. The molecule has 1 nitrogen and oxygen atoms in total. The van der Waals surface area contributed by atoms with Crippen molar-refractivity contribution in [3.63, 3.8) is 0 Å². The molecule has 0 saturated heterocycles. The Hall–Kier alpha value is -1.34. The first kappa shape index (κ1) is 9.86. The number of fused-ring (bicyclic) bond motifs is 3. The van der Waals surface area contributed by atoms with Crippen LogP contribution < -0.4 is 5.32 Å². The van der Waals surface area contributed by atoms with Crippen LogP contribution in [0.15, 0.2) is 36.4 Å². The molecule has 82 valence electrons. The van der Waals surface area contributed by atoms with Gasteiger partial charge in [-0.1, -0.05) is 36.4 Å². The molecule has 1 N–H and O–H groups in total. The third-order valence-corrected chi connectivity index (χ3v) is 3.72. The zero-order chi connectivity index (χ0) is 11.0. The molecule has 1 aliphatic rings. The van der Waals surface area contributed by atoms with Gasteiger partial charge in [0.1, 0.15) is 0 Å². The van der Waals surface area contributed by atoms with Crippen molar-refractivity contribution in [2.45, 2.75) is 25.3 Å². The van der Waals surface area contributed by atoms with E-state index in [1.54, 1.807) is 5.56 Å². The Morgan fingerprint density at radius 2 is 2.00 bits per heavy atom. The van der Waals surface area contributed by atoms with E-state index in [-0.39, 0.29) is 0 Å². The number of hydrogen-bond acceptors (Lipinski definition) is 1. The molecule has 0 bridgehead atoms. The normalized spacial score (nSPS) is 19.7. The van der Waals surface area contributed by atoms with Crippen LogP contribution in [0.2, 0.25) is 0 Å². The molecule has 0 heterocycles. The van der Waals surface area contributed by atoms with E-state index in [0.29, 0.717) is 6.04 Å². The molecular weight excluding hydrogens is 194 g/mol. The van der Waals surface area contributed by atoms with Gasteiger partial charge < -0.3 is 5.32 Å². The van der Waals surface area contributed by atoms with E-state index < -0.39 is 0 Å².